The number of urea groups is 1. The number of carbonyl (C=O) groups excluding carboxylic acids is 1. The summed E-state index contributed by atoms with van der Waals surface area (Å²) in [5.74, 6) is 0.766. The van der Waals surface area contributed by atoms with Gasteiger partial charge in [-0.25, -0.2) is 14.2 Å². The van der Waals surface area contributed by atoms with Gasteiger partial charge in [0.15, 0.2) is 0 Å². The average Bonchev–Trinajstić information content (AvgIpc) is 3.08. The Labute approximate surface area is 183 Å². The number of nitrogens with one attached hydrogen (secondary N) is 2. The molecule has 1 aromatic heterocycles. The summed E-state index contributed by atoms with van der Waals surface area (Å²) < 4.78 is 13.5. The van der Waals surface area contributed by atoms with Crippen molar-refractivity contribution in [1.29, 1.82) is 0 Å². The molecule has 1 unspecified atom stereocenters. The topological polar surface area (TPSA) is 60.5 Å². The number of amides is 2. The number of aromatic nitrogens is 1. The molecular formula is C24H32FN5O. The molecule has 2 aliphatic rings. The lowest BCUT2D eigenvalue weighted by molar-refractivity contribution is 0.234. The summed E-state index contributed by atoms with van der Waals surface area (Å²) in [5.41, 5.74) is 1.92. The predicted octanol–water partition coefficient (Wildman–Crippen LogP) is 4.07. The third-order valence-electron chi connectivity index (χ3n) is 6.12. The van der Waals surface area contributed by atoms with Crippen molar-refractivity contribution in [2.24, 2.45) is 0 Å². The summed E-state index contributed by atoms with van der Waals surface area (Å²) in [6.45, 7) is 4.13. The van der Waals surface area contributed by atoms with Crippen LogP contribution in [0.5, 0.6) is 0 Å². The molecule has 0 spiro atoms. The maximum Gasteiger partial charge on any atom is 0.315 e. The van der Waals surface area contributed by atoms with Crippen LogP contribution in [0.15, 0.2) is 42.6 Å². The van der Waals surface area contributed by atoms with Gasteiger partial charge in [-0.05, 0) is 61.6 Å². The van der Waals surface area contributed by atoms with E-state index in [0.717, 1.165) is 49.5 Å². The number of carbonyl (C=O) groups is 1. The minimum atomic E-state index is -0.234. The van der Waals surface area contributed by atoms with Crippen molar-refractivity contribution < 1.29 is 9.18 Å². The van der Waals surface area contributed by atoms with E-state index in [9.17, 15) is 9.18 Å². The van der Waals surface area contributed by atoms with Crippen molar-refractivity contribution in [2.45, 2.75) is 51.1 Å². The molecule has 2 aromatic rings. The highest BCUT2D eigenvalue weighted by atomic mass is 19.1. The molecule has 31 heavy (non-hydrogen) atoms. The van der Waals surface area contributed by atoms with Crippen LogP contribution in [0.2, 0.25) is 0 Å². The van der Waals surface area contributed by atoms with Crippen molar-refractivity contribution >= 4 is 17.5 Å². The van der Waals surface area contributed by atoms with Crippen molar-refractivity contribution in [3.8, 4) is 0 Å². The van der Waals surface area contributed by atoms with E-state index in [2.05, 4.69) is 31.5 Å². The second kappa shape index (κ2) is 10.5. The normalized spacial score (nSPS) is 19.6. The molecule has 2 amide bonds. The van der Waals surface area contributed by atoms with Gasteiger partial charge in [-0.1, -0.05) is 18.9 Å². The van der Waals surface area contributed by atoms with Gasteiger partial charge in [-0.3, -0.25) is 0 Å². The zero-order valence-corrected chi connectivity index (χ0v) is 18.0. The summed E-state index contributed by atoms with van der Waals surface area (Å²) in [4.78, 5) is 21.5. The molecule has 2 aliphatic heterocycles. The van der Waals surface area contributed by atoms with Crippen molar-refractivity contribution in [2.75, 3.05) is 36.0 Å². The SMILES string of the molecule is O=C(NCc1ccnc(N2CCCCCC2)c1)NC1CCCN(c2cccc(F)c2)C1. The Kier molecular flexibility index (Phi) is 7.22. The second-order valence-electron chi connectivity index (χ2n) is 8.52. The van der Waals surface area contributed by atoms with Crippen molar-refractivity contribution in [1.82, 2.24) is 15.6 Å². The minimum absolute atomic E-state index is 0.0436. The van der Waals surface area contributed by atoms with Crippen molar-refractivity contribution in [3.63, 3.8) is 0 Å². The largest absolute Gasteiger partial charge is 0.369 e. The predicted molar refractivity (Wildman–Crippen MR) is 122 cm³/mol. The van der Waals surface area contributed by atoms with Crippen LogP contribution in [-0.4, -0.2) is 43.2 Å². The molecule has 0 aliphatic carbocycles. The van der Waals surface area contributed by atoms with Gasteiger partial charge in [0.05, 0.1) is 0 Å². The van der Waals surface area contributed by atoms with Crippen molar-refractivity contribution in [3.05, 3.63) is 54.0 Å². The Balaban J connectivity index is 1.27. The van der Waals surface area contributed by atoms with Gasteiger partial charge in [0.2, 0.25) is 0 Å². The van der Waals surface area contributed by atoms with E-state index < -0.39 is 0 Å². The Hall–Kier alpha value is -2.83. The fourth-order valence-corrected chi connectivity index (χ4v) is 4.46. The highest BCUT2D eigenvalue weighted by Gasteiger charge is 2.22. The Bertz CT molecular complexity index is 869. The number of benzene rings is 1. The molecule has 2 N–H and O–H groups in total. The molecule has 1 aromatic carbocycles. The Morgan fingerprint density at radius 3 is 2.65 bits per heavy atom. The van der Waals surface area contributed by atoms with Crippen LogP contribution >= 0.6 is 0 Å². The highest BCUT2D eigenvalue weighted by molar-refractivity contribution is 5.74. The van der Waals surface area contributed by atoms with Crippen LogP contribution in [0.3, 0.4) is 0 Å². The Morgan fingerprint density at radius 1 is 1.03 bits per heavy atom. The van der Waals surface area contributed by atoms with E-state index in [1.165, 1.54) is 31.7 Å². The molecule has 166 valence electrons. The number of piperidine rings is 1. The standard InChI is InChI=1S/C24H32FN5O/c25-20-7-5-9-22(16-20)30-14-6-8-21(18-30)28-24(31)27-17-19-10-11-26-23(15-19)29-12-3-1-2-4-13-29/h5,7,9-11,15-16,21H,1-4,6,8,12-14,17-18H2,(H2,27,28,31). The van der Waals surface area contributed by atoms with E-state index in [-0.39, 0.29) is 17.9 Å². The van der Waals surface area contributed by atoms with Crippen LogP contribution < -0.4 is 20.4 Å². The molecule has 7 heteroatoms. The van der Waals surface area contributed by atoms with Crippen LogP contribution in [0.1, 0.15) is 44.1 Å². The van der Waals surface area contributed by atoms with Gasteiger partial charge in [-0.2, -0.15) is 0 Å². The molecule has 0 saturated carbocycles. The summed E-state index contributed by atoms with van der Waals surface area (Å²) in [6, 6.07) is 10.6. The lowest BCUT2D eigenvalue weighted by Crippen LogP contribution is -2.50. The van der Waals surface area contributed by atoms with E-state index in [1.54, 1.807) is 12.1 Å². The first-order chi connectivity index (χ1) is 15.2. The number of nitrogens with zero attached hydrogens (tertiary/aromatic N) is 3. The number of hydrogen-bond acceptors (Lipinski definition) is 4. The lowest BCUT2D eigenvalue weighted by atomic mass is 10.0. The molecule has 2 saturated heterocycles. The molecular weight excluding hydrogens is 393 g/mol. The molecule has 4 rings (SSSR count). The van der Waals surface area contributed by atoms with Gasteiger partial charge in [0.25, 0.3) is 0 Å². The van der Waals surface area contributed by atoms with Crippen LogP contribution in [0, 0.1) is 5.82 Å². The third-order valence-corrected chi connectivity index (χ3v) is 6.12. The molecule has 0 bridgehead atoms. The average molecular weight is 426 g/mol. The summed E-state index contributed by atoms with van der Waals surface area (Å²) in [5, 5.41) is 6.06. The minimum Gasteiger partial charge on any atom is -0.369 e. The molecule has 3 heterocycles. The summed E-state index contributed by atoms with van der Waals surface area (Å²) >= 11 is 0. The Morgan fingerprint density at radius 2 is 1.84 bits per heavy atom. The number of halogens is 1. The summed E-state index contributed by atoms with van der Waals surface area (Å²) in [6.07, 6.45) is 8.71. The quantitative estimate of drug-likeness (QED) is 0.758. The number of pyridine rings is 1. The van der Waals surface area contributed by atoms with E-state index >= 15 is 0 Å². The van der Waals surface area contributed by atoms with Gasteiger partial charge in [0, 0.05) is 50.6 Å². The van der Waals surface area contributed by atoms with Gasteiger partial charge in [0.1, 0.15) is 11.6 Å². The van der Waals surface area contributed by atoms with Gasteiger partial charge >= 0.3 is 6.03 Å². The third kappa shape index (κ3) is 6.09. The lowest BCUT2D eigenvalue weighted by Gasteiger charge is -2.34. The fourth-order valence-electron chi connectivity index (χ4n) is 4.46. The fraction of sp³-hybridized carbons (Fsp3) is 0.500. The monoisotopic (exact) mass is 425 g/mol. The molecule has 6 nitrogen and oxygen atoms in total. The first kappa shape index (κ1) is 21.4. The molecule has 1 atom stereocenters. The second-order valence-corrected chi connectivity index (χ2v) is 8.52. The van der Waals surface area contributed by atoms with E-state index in [4.69, 9.17) is 0 Å². The number of anilines is 2. The maximum atomic E-state index is 13.5. The van der Waals surface area contributed by atoms with Gasteiger partial charge in [-0.15, -0.1) is 0 Å². The highest BCUT2D eigenvalue weighted by Crippen LogP contribution is 2.21. The number of hydrogen-bond donors (Lipinski definition) is 2. The smallest absolute Gasteiger partial charge is 0.315 e. The maximum absolute atomic E-state index is 13.5. The van der Waals surface area contributed by atoms with Crippen LogP contribution in [0.4, 0.5) is 20.7 Å². The summed E-state index contributed by atoms with van der Waals surface area (Å²) in [7, 11) is 0. The molecule has 0 radical (unpaired) electrons. The van der Waals surface area contributed by atoms with E-state index in [0.29, 0.717) is 13.1 Å². The first-order valence-electron chi connectivity index (χ1n) is 11.4. The zero-order valence-electron chi connectivity index (χ0n) is 18.0. The zero-order chi connectivity index (χ0) is 21.5. The van der Waals surface area contributed by atoms with Gasteiger partial charge < -0.3 is 20.4 Å². The number of rotatable bonds is 5. The molecule has 2 fully saturated rings. The first-order valence-corrected chi connectivity index (χ1v) is 11.4. The van der Waals surface area contributed by atoms with Crippen LogP contribution in [0.25, 0.3) is 0 Å². The van der Waals surface area contributed by atoms with E-state index in [1.807, 2.05) is 18.3 Å². The van der Waals surface area contributed by atoms with Crippen LogP contribution in [-0.2, 0) is 6.54 Å².